The van der Waals surface area contributed by atoms with Crippen molar-refractivity contribution in [3.05, 3.63) is 42.1 Å². The highest BCUT2D eigenvalue weighted by atomic mass is 16.5. The van der Waals surface area contributed by atoms with E-state index < -0.39 is 0 Å². The van der Waals surface area contributed by atoms with Gasteiger partial charge in [0.2, 0.25) is 0 Å². The first kappa shape index (κ1) is 11.2. The number of hydrogen-bond donors (Lipinski definition) is 0. The van der Waals surface area contributed by atoms with Gasteiger partial charge in [-0.25, -0.2) is 0 Å². The molecule has 90 valence electrons. The lowest BCUT2D eigenvalue weighted by Crippen LogP contribution is -2.21. The lowest BCUT2D eigenvalue weighted by molar-refractivity contribution is 0.171. The third-order valence-corrected chi connectivity index (χ3v) is 3.53. The number of ether oxygens (including phenoxy) is 1. The highest BCUT2D eigenvalue weighted by Crippen LogP contribution is 2.32. The Hall–Kier alpha value is -1.92. The van der Waals surface area contributed by atoms with E-state index in [1.54, 1.807) is 0 Å². The van der Waals surface area contributed by atoms with Crippen molar-refractivity contribution in [2.24, 2.45) is 5.41 Å². The summed E-state index contributed by atoms with van der Waals surface area (Å²) < 4.78 is 5.37. The van der Waals surface area contributed by atoms with Gasteiger partial charge in [0.05, 0.1) is 23.6 Å². The van der Waals surface area contributed by atoms with E-state index in [2.05, 4.69) is 23.2 Å². The molecule has 0 spiro atoms. The Balaban J connectivity index is 1.93. The van der Waals surface area contributed by atoms with Crippen LogP contribution in [0.1, 0.15) is 12.0 Å². The number of pyridine rings is 1. The molecule has 0 aliphatic carbocycles. The lowest BCUT2D eigenvalue weighted by Gasteiger charge is -2.18. The first-order valence-corrected chi connectivity index (χ1v) is 6.14. The van der Waals surface area contributed by atoms with Crippen LogP contribution in [0.15, 0.2) is 36.5 Å². The maximum Gasteiger partial charge on any atom is 0.0869 e. The van der Waals surface area contributed by atoms with Gasteiger partial charge >= 0.3 is 0 Å². The molecule has 0 bridgehead atoms. The Morgan fingerprint density at radius 3 is 3.06 bits per heavy atom. The molecule has 3 nitrogen and oxygen atoms in total. The topological polar surface area (TPSA) is 45.9 Å². The summed E-state index contributed by atoms with van der Waals surface area (Å²) in [6.07, 6.45) is 3.41. The maximum atomic E-state index is 9.34. The molecule has 0 radical (unpaired) electrons. The van der Waals surface area contributed by atoms with Crippen LogP contribution in [0.3, 0.4) is 0 Å². The second-order valence-electron chi connectivity index (χ2n) is 4.91. The number of rotatable bonds is 2. The summed E-state index contributed by atoms with van der Waals surface area (Å²) in [6.45, 7) is 1.23. The molecular formula is C15H14N2O. The summed E-state index contributed by atoms with van der Waals surface area (Å²) in [5.41, 5.74) is 1.75. The zero-order valence-electron chi connectivity index (χ0n) is 10.1. The van der Waals surface area contributed by atoms with Crippen LogP contribution in [0.25, 0.3) is 10.9 Å². The van der Waals surface area contributed by atoms with Crippen LogP contribution in [0.2, 0.25) is 0 Å². The minimum Gasteiger partial charge on any atom is -0.380 e. The van der Waals surface area contributed by atoms with Gasteiger partial charge < -0.3 is 4.74 Å². The Bertz CT molecular complexity index is 609. The Morgan fingerprint density at radius 2 is 2.28 bits per heavy atom. The minimum absolute atomic E-state index is 0.357. The largest absolute Gasteiger partial charge is 0.380 e. The van der Waals surface area contributed by atoms with Gasteiger partial charge in [0.1, 0.15) is 0 Å². The van der Waals surface area contributed by atoms with Crippen LogP contribution < -0.4 is 0 Å². The number of para-hydroxylation sites is 1. The fraction of sp³-hybridized carbons (Fsp3) is 0.333. The van der Waals surface area contributed by atoms with Crippen LogP contribution in [-0.4, -0.2) is 18.2 Å². The van der Waals surface area contributed by atoms with Crippen LogP contribution in [-0.2, 0) is 11.2 Å². The normalized spacial score (nSPS) is 23.1. The molecule has 18 heavy (non-hydrogen) atoms. The molecule has 0 saturated carbocycles. The van der Waals surface area contributed by atoms with Crippen molar-refractivity contribution in [2.75, 3.05) is 13.2 Å². The molecule has 2 aromatic rings. The predicted octanol–water partition coefficient (Wildman–Crippen LogP) is 2.71. The van der Waals surface area contributed by atoms with Crippen molar-refractivity contribution in [1.82, 2.24) is 4.98 Å². The van der Waals surface area contributed by atoms with Gasteiger partial charge in [0.25, 0.3) is 0 Å². The first-order valence-electron chi connectivity index (χ1n) is 6.14. The zero-order valence-corrected chi connectivity index (χ0v) is 10.1. The third kappa shape index (κ3) is 1.96. The summed E-state index contributed by atoms with van der Waals surface area (Å²) in [7, 11) is 0. The Labute approximate surface area is 106 Å². The highest BCUT2D eigenvalue weighted by Gasteiger charge is 2.35. The number of nitriles is 1. The van der Waals surface area contributed by atoms with E-state index in [1.807, 2.05) is 24.4 Å². The van der Waals surface area contributed by atoms with Crippen molar-refractivity contribution >= 4 is 10.9 Å². The summed E-state index contributed by atoms with van der Waals surface area (Å²) >= 11 is 0. The highest BCUT2D eigenvalue weighted by molar-refractivity contribution is 5.78. The molecule has 1 atom stereocenters. The molecule has 1 aromatic carbocycles. The average molecular weight is 238 g/mol. The summed E-state index contributed by atoms with van der Waals surface area (Å²) in [6, 6.07) is 12.6. The average Bonchev–Trinajstić information content (AvgIpc) is 2.88. The summed E-state index contributed by atoms with van der Waals surface area (Å²) in [5, 5.41) is 10.5. The molecule has 1 unspecified atom stereocenters. The first-order chi connectivity index (χ1) is 8.81. The number of fused-ring (bicyclic) bond motifs is 1. The molecule has 1 aliphatic heterocycles. The van der Waals surface area contributed by atoms with Gasteiger partial charge in [-0.1, -0.05) is 18.2 Å². The number of nitrogens with zero attached hydrogens (tertiary/aromatic N) is 2. The molecule has 1 aromatic heterocycles. The third-order valence-electron chi connectivity index (χ3n) is 3.53. The molecular weight excluding hydrogens is 224 g/mol. The van der Waals surface area contributed by atoms with Gasteiger partial charge in [-0.05, 0) is 30.5 Å². The Kier molecular flexibility index (Phi) is 2.73. The molecule has 2 heterocycles. The van der Waals surface area contributed by atoms with Crippen molar-refractivity contribution in [2.45, 2.75) is 12.8 Å². The van der Waals surface area contributed by atoms with Gasteiger partial charge in [0.15, 0.2) is 0 Å². The van der Waals surface area contributed by atoms with E-state index in [9.17, 15) is 5.26 Å². The van der Waals surface area contributed by atoms with Gasteiger partial charge in [-0.2, -0.15) is 5.26 Å². The van der Waals surface area contributed by atoms with Crippen LogP contribution in [0.5, 0.6) is 0 Å². The van der Waals surface area contributed by atoms with Crippen LogP contribution in [0, 0.1) is 16.7 Å². The van der Waals surface area contributed by atoms with Crippen molar-refractivity contribution < 1.29 is 4.74 Å². The van der Waals surface area contributed by atoms with Crippen LogP contribution >= 0.6 is 0 Å². The van der Waals surface area contributed by atoms with E-state index in [-0.39, 0.29) is 5.41 Å². The number of aromatic nitrogens is 1. The fourth-order valence-corrected chi connectivity index (χ4v) is 2.48. The van der Waals surface area contributed by atoms with E-state index >= 15 is 0 Å². The molecule has 1 saturated heterocycles. The summed E-state index contributed by atoms with van der Waals surface area (Å²) in [4.78, 5) is 4.44. The minimum atomic E-state index is -0.357. The van der Waals surface area contributed by atoms with E-state index in [0.29, 0.717) is 13.2 Å². The predicted molar refractivity (Wildman–Crippen MR) is 68.9 cm³/mol. The van der Waals surface area contributed by atoms with E-state index in [1.165, 1.54) is 0 Å². The molecule has 3 heteroatoms. The maximum absolute atomic E-state index is 9.34. The van der Waals surface area contributed by atoms with Gasteiger partial charge in [0, 0.05) is 18.2 Å². The fourth-order valence-electron chi connectivity index (χ4n) is 2.48. The van der Waals surface area contributed by atoms with Gasteiger partial charge in [-0.15, -0.1) is 0 Å². The van der Waals surface area contributed by atoms with Crippen molar-refractivity contribution in [1.29, 1.82) is 5.26 Å². The number of benzene rings is 1. The lowest BCUT2D eigenvalue weighted by atomic mass is 9.83. The second kappa shape index (κ2) is 4.40. The molecule has 1 fully saturated rings. The van der Waals surface area contributed by atoms with E-state index in [4.69, 9.17) is 4.74 Å². The number of hydrogen-bond acceptors (Lipinski definition) is 3. The standard InChI is InChI=1S/C15H14N2O/c16-10-15(5-6-18-11-15)8-12-7-13-3-1-2-4-14(13)17-9-12/h1-4,7,9H,5-6,8,11H2. The van der Waals surface area contributed by atoms with Crippen molar-refractivity contribution in [3.8, 4) is 6.07 Å². The summed E-state index contributed by atoms with van der Waals surface area (Å²) in [5.74, 6) is 0. The van der Waals surface area contributed by atoms with Crippen LogP contribution in [0.4, 0.5) is 0 Å². The Morgan fingerprint density at radius 1 is 1.39 bits per heavy atom. The quantitative estimate of drug-likeness (QED) is 0.808. The molecule has 0 N–H and O–H groups in total. The van der Waals surface area contributed by atoms with Crippen molar-refractivity contribution in [3.63, 3.8) is 0 Å². The SMILES string of the molecule is N#CC1(Cc2cnc3ccccc3c2)CCOC1. The zero-order chi connectivity index (χ0) is 12.4. The smallest absolute Gasteiger partial charge is 0.0869 e. The second-order valence-corrected chi connectivity index (χ2v) is 4.91. The molecule has 3 rings (SSSR count). The molecule has 1 aliphatic rings. The molecule has 0 amide bonds. The van der Waals surface area contributed by atoms with E-state index in [0.717, 1.165) is 29.3 Å². The van der Waals surface area contributed by atoms with Gasteiger partial charge in [-0.3, -0.25) is 4.98 Å². The monoisotopic (exact) mass is 238 g/mol.